The molecule has 0 aliphatic heterocycles. The number of nitrogens with one attached hydrogen (secondary N) is 4. The molecule has 5 aromatic rings. The molecule has 184 valence electrons. The fraction of sp³-hybridized carbons (Fsp3) is 0.0417. The number of nitriles is 1. The number of aromatic amines is 1. The molecule has 2 aromatic carbocycles. The lowest BCUT2D eigenvalue weighted by atomic mass is 10.2. The van der Waals surface area contributed by atoms with Crippen molar-refractivity contribution in [3.8, 4) is 17.6 Å². The van der Waals surface area contributed by atoms with Crippen molar-refractivity contribution in [1.29, 1.82) is 5.26 Å². The molecule has 0 saturated carbocycles. The lowest BCUT2D eigenvalue weighted by molar-refractivity contribution is 0.0958. The van der Waals surface area contributed by atoms with Crippen molar-refractivity contribution in [2.45, 2.75) is 0 Å². The van der Waals surface area contributed by atoms with Gasteiger partial charge in [-0.15, -0.1) is 0 Å². The number of hydrogen-bond donors (Lipinski definition) is 4. The first-order valence-electron chi connectivity index (χ1n) is 10.7. The highest BCUT2D eigenvalue weighted by Crippen LogP contribution is 2.33. The zero-order valence-electron chi connectivity index (χ0n) is 19.0. The third kappa shape index (κ3) is 5.08. The van der Waals surface area contributed by atoms with E-state index in [4.69, 9.17) is 20.8 Å². The van der Waals surface area contributed by atoms with Gasteiger partial charge in [0.15, 0.2) is 11.1 Å². The Bertz CT molecular complexity index is 1740. The molecule has 0 atom stereocenters. The Hall–Kier alpha value is -4.86. The fourth-order valence-electron chi connectivity index (χ4n) is 3.32. The second-order valence-electron chi connectivity index (χ2n) is 7.50. The number of oxazole rings is 1. The van der Waals surface area contributed by atoms with E-state index in [1.54, 1.807) is 42.5 Å². The average Bonchev–Trinajstić information content (AvgIpc) is 3.47. The van der Waals surface area contributed by atoms with Gasteiger partial charge in [0.1, 0.15) is 33.8 Å². The monoisotopic (exact) mass is 533 g/mol. The van der Waals surface area contributed by atoms with Gasteiger partial charge >= 0.3 is 0 Å². The van der Waals surface area contributed by atoms with Crippen molar-refractivity contribution in [1.82, 2.24) is 19.7 Å². The maximum Gasteiger partial charge on any atom is 0.300 e. The largest absolute Gasteiger partial charge is 0.457 e. The third-order valence-electron chi connectivity index (χ3n) is 5.06. The van der Waals surface area contributed by atoms with Crippen LogP contribution in [-0.2, 0) is 0 Å². The molecule has 3 heterocycles. The number of benzene rings is 2. The molecule has 1 amide bonds. The molecule has 0 aliphatic carbocycles. The number of amides is 1. The Morgan fingerprint density at radius 1 is 1.16 bits per heavy atom. The predicted molar refractivity (Wildman–Crippen MR) is 139 cm³/mol. The van der Waals surface area contributed by atoms with Gasteiger partial charge in [0.25, 0.3) is 17.5 Å². The van der Waals surface area contributed by atoms with Crippen molar-refractivity contribution >= 4 is 62.5 Å². The minimum Gasteiger partial charge on any atom is -0.457 e. The van der Waals surface area contributed by atoms with Gasteiger partial charge in [-0.2, -0.15) is 10.2 Å². The number of halogens is 1. The predicted octanol–water partition coefficient (Wildman–Crippen LogP) is 5.14. The van der Waals surface area contributed by atoms with E-state index in [9.17, 15) is 14.9 Å². The van der Waals surface area contributed by atoms with Crippen molar-refractivity contribution in [2.24, 2.45) is 0 Å². The number of fused-ring (bicyclic) bond motifs is 1. The average molecular weight is 534 g/mol. The molecule has 13 heteroatoms. The number of hydrogen-bond acceptors (Lipinski definition) is 10. The summed E-state index contributed by atoms with van der Waals surface area (Å²) in [5, 5.41) is 18.6. The Kier molecular flexibility index (Phi) is 6.46. The first-order chi connectivity index (χ1) is 17.9. The number of rotatable bonds is 7. The van der Waals surface area contributed by atoms with Crippen LogP contribution in [0.1, 0.15) is 16.1 Å². The van der Waals surface area contributed by atoms with E-state index in [0.717, 1.165) is 11.5 Å². The topological polar surface area (TPSA) is 158 Å². The summed E-state index contributed by atoms with van der Waals surface area (Å²) >= 11 is 7.30. The van der Waals surface area contributed by atoms with Gasteiger partial charge in [0.05, 0.1) is 10.7 Å². The van der Waals surface area contributed by atoms with E-state index in [0.29, 0.717) is 44.0 Å². The molecular formula is C24H16ClN7O4S. The van der Waals surface area contributed by atoms with Crippen LogP contribution in [0.25, 0.3) is 11.1 Å². The Balaban J connectivity index is 1.35. The number of nitrogens with zero attached hydrogens (tertiary/aromatic N) is 3. The van der Waals surface area contributed by atoms with E-state index >= 15 is 0 Å². The van der Waals surface area contributed by atoms with Gasteiger partial charge in [0, 0.05) is 31.1 Å². The van der Waals surface area contributed by atoms with Crippen LogP contribution in [0.2, 0.25) is 5.02 Å². The lowest BCUT2D eigenvalue weighted by Crippen LogP contribution is -2.18. The van der Waals surface area contributed by atoms with Gasteiger partial charge in [-0.25, -0.2) is 0 Å². The van der Waals surface area contributed by atoms with E-state index < -0.39 is 5.56 Å². The number of pyridine rings is 1. The van der Waals surface area contributed by atoms with Crippen LogP contribution in [0.4, 0.5) is 22.4 Å². The van der Waals surface area contributed by atoms with Gasteiger partial charge in [0.2, 0.25) is 0 Å². The van der Waals surface area contributed by atoms with E-state index in [1.807, 2.05) is 6.07 Å². The molecule has 0 bridgehead atoms. The number of ether oxygens (including phenoxy) is 1. The molecule has 0 unspecified atom stereocenters. The van der Waals surface area contributed by atoms with Crippen molar-refractivity contribution in [3.05, 3.63) is 81.4 Å². The molecule has 4 N–H and O–H groups in total. The Morgan fingerprint density at radius 3 is 2.81 bits per heavy atom. The first kappa shape index (κ1) is 23.9. The van der Waals surface area contributed by atoms with Gasteiger partial charge in [-0.1, -0.05) is 11.6 Å². The molecule has 3 aromatic heterocycles. The number of anilines is 4. The molecule has 11 nitrogen and oxygen atoms in total. The lowest BCUT2D eigenvalue weighted by Gasteiger charge is -2.09. The van der Waals surface area contributed by atoms with Crippen LogP contribution >= 0.6 is 23.1 Å². The van der Waals surface area contributed by atoms with Crippen LogP contribution < -0.4 is 26.2 Å². The molecule has 0 spiro atoms. The van der Waals surface area contributed by atoms with Crippen molar-refractivity contribution < 1.29 is 13.9 Å². The smallest absolute Gasteiger partial charge is 0.300 e. The number of carbonyl (C=O) groups is 1. The summed E-state index contributed by atoms with van der Waals surface area (Å²) in [4.78, 5) is 32.0. The highest BCUT2D eigenvalue weighted by Gasteiger charge is 2.14. The van der Waals surface area contributed by atoms with Crippen molar-refractivity contribution in [3.63, 3.8) is 0 Å². The fourth-order valence-corrected chi connectivity index (χ4v) is 4.19. The summed E-state index contributed by atoms with van der Waals surface area (Å²) in [6, 6.07) is 15.5. The summed E-state index contributed by atoms with van der Waals surface area (Å²) in [6.07, 6.45) is 1.49. The maximum absolute atomic E-state index is 11.8. The SMILES string of the molecule is CNC(=O)c1cc(Oc2ccc3oc(Nc4ccc(Cl)c(Nc5s[nH]c(=O)c5C#N)c4)nc3c2)ccn1. The molecule has 0 radical (unpaired) electrons. The molecule has 0 aliphatic rings. The van der Waals surface area contributed by atoms with Crippen molar-refractivity contribution in [2.75, 3.05) is 17.7 Å². The van der Waals surface area contributed by atoms with Crippen LogP contribution in [0.15, 0.2) is 63.9 Å². The Morgan fingerprint density at radius 2 is 2.00 bits per heavy atom. The minimum atomic E-state index is -0.467. The second kappa shape index (κ2) is 10.0. The zero-order chi connectivity index (χ0) is 25.9. The molecule has 37 heavy (non-hydrogen) atoms. The number of H-pyrrole nitrogens is 1. The molecule has 0 saturated heterocycles. The highest BCUT2D eigenvalue weighted by molar-refractivity contribution is 7.10. The number of aromatic nitrogens is 3. The van der Waals surface area contributed by atoms with Crippen LogP contribution in [0.3, 0.4) is 0 Å². The standard InChI is InChI=1S/C24H16ClN7O4S/c1-27-22(34)19-10-14(6-7-28-19)35-13-3-5-20-18(9-13)31-24(36-20)29-12-2-4-16(25)17(8-12)30-23-15(11-26)21(33)32-37-23/h2-10,30H,1H3,(H,27,34)(H,29,31)(H,32,33). The minimum absolute atomic E-state index is 0.0203. The summed E-state index contributed by atoms with van der Waals surface area (Å²) in [6.45, 7) is 0. The van der Waals surface area contributed by atoms with E-state index in [2.05, 4.69) is 30.3 Å². The summed E-state index contributed by atoms with van der Waals surface area (Å²) in [5.74, 6) is 0.629. The van der Waals surface area contributed by atoms with Crippen LogP contribution in [0.5, 0.6) is 11.5 Å². The Labute approximate surface area is 217 Å². The van der Waals surface area contributed by atoms with Gasteiger partial charge in [-0.05, 0) is 47.9 Å². The van der Waals surface area contributed by atoms with Crippen LogP contribution in [0, 0.1) is 11.3 Å². The van der Waals surface area contributed by atoms with Gasteiger partial charge < -0.3 is 25.1 Å². The first-order valence-corrected chi connectivity index (χ1v) is 11.8. The third-order valence-corrected chi connectivity index (χ3v) is 6.19. The van der Waals surface area contributed by atoms with Crippen LogP contribution in [-0.4, -0.2) is 27.3 Å². The normalized spacial score (nSPS) is 10.6. The summed E-state index contributed by atoms with van der Waals surface area (Å²) < 4.78 is 14.2. The van der Waals surface area contributed by atoms with E-state index in [1.165, 1.54) is 19.3 Å². The summed E-state index contributed by atoms with van der Waals surface area (Å²) in [5.41, 5.74) is 1.91. The second-order valence-corrected chi connectivity index (χ2v) is 8.72. The highest BCUT2D eigenvalue weighted by atomic mass is 35.5. The number of carbonyl (C=O) groups excluding carboxylic acids is 1. The molecular weight excluding hydrogens is 518 g/mol. The maximum atomic E-state index is 11.8. The quantitative estimate of drug-likeness (QED) is 0.222. The molecule has 0 fully saturated rings. The molecule has 5 rings (SSSR count). The zero-order valence-corrected chi connectivity index (χ0v) is 20.5. The summed E-state index contributed by atoms with van der Waals surface area (Å²) in [7, 11) is 1.53. The van der Waals surface area contributed by atoms with E-state index in [-0.39, 0.29) is 23.2 Å². The van der Waals surface area contributed by atoms with Gasteiger partial charge in [-0.3, -0.25) is 18.9 Å².